The molecule has 1 saturated carbocycles. The van der Waals surface area contributed by atoms with Crippen LogP contribution in [-0.4, -0.2) is 28.8 Å². The monoisotopic (exact) mass is 424 g/mol. The molecular formula is C23H21ClN2O4. The van der Waals surface area contributed by atoms with Crippen LogP contribution in [0.5, 0.6) is 17.2 Å². The van der Waals surface area contributed by atoms with E-state index in [0.29, 0.717) is 46.2 Å². The zero-order valence-corrected chi connectivity index (χ0v) is 17.2. The van der Waals surface area contributed by atoms with E-state index in [-0.39, 0.29) is 17.1 Å². The molecule has 7 heteroatoms. The molecule has 0 spiro atoms. The molecule has 0 radical (unpaired) electrons. The second-order valence-electron chi connectivity index (χ2n) is 7.49. The van der Waals surface area contributed by atoms with Gasteiger partial charge in [0.2, 0.25) is 0 Å². The molecule has 1 fully saturated rings. The lowest BCUT2D eigenvalue weighted by Gasteiger charge is -2.12. The molecular weight excluding hydrogens is 404 g/mol. The Labute approximate surface area is 178 Å². The number of aromatic hydroxyl groups is 1. The van der Waals surface area contributed by atoms with Gasteiger partial charge in [0.25, 0.3) is 5.91 Å². The summed E-state index contributed by atoms with van der Waals surface area (Å²) in [5.74, 6) is 1.16. The summed E-state index contributed by atoms with van der Waals surface area (Å²) in [5.41, 5.74) is 1.40. The Morgan fingerprint density at radius 1 is 1.23 bits per heavy atom. The fraction of sp³-hybridized carbons (Fsp3) is 0.261. The number of rotatable bonds is 7. The first-order chi connectivity index (χ1) is 14.4. The molecule has 2 N–H and O–H groups in total. The summed E-state index contributed by atoms with van der Waals surface area (Å²) < 4.78 is 5.99. The number of amides is 1. The van der Waals surface area contributed by atoms with Gasteiger partial charge in [0.1, 0.15) is 23.0 Å². The van der Waals surface area contributed by atoms with Crippen LogP contribution in [0.3, 0.4) is 0 Å². The number of hydrogen-bond acceptors (Lipinski definition) is 5. The van der Waals surface area contributed by atoms with Gasteiger partial charge in [-0.05, 0) is 48.6 Å². The zero-order chi connectivity index (χ0) is 21.3. The summed E-state index contributed by atoms with van der Waals surface area (Å²) in [5, 5.41) is 13.6. The third-order valence-corrected chi connectivity index (χ3v) is 5.50. The number of nitrogens with zero attached hydrogens (tertiary/aromatic N) is 1. The van der Waals surface area contributed by atoms with Crippen molar-refractivity contribution in [2.24, 2.45) is 5.92 Å². The summed E-state index contributed by atoms with van der Waals surface area (Å²) in [6.07, 6.45) is 4.79. The average molecular weight is 425 g/mol. The molecule has 4 rings (SSSR count). The van der Waals surface area contributed by atoms with Crippen LogP contribution in [0.25, 0.3) is 10.9 Å². The summed E-state index contributed by atoms with van der Waals surface area (Å²) in [6, 6.07) is 9.87. The average Bonchev–Trinajstić information content (AvgIpc) is 3.53. The number of ether oxygens (including phenoxy) is 1. The lowest BCUT2D eigenvalue weighted by Crippen LogP contribution is -2.17. The highest BCUT2D eigenvalue weighted by atomic mass is 35.5. The fourth-order valence-corrected chi connectivity index (χ4v) is 3.59. The summed E-state index contributed by atoms with van der Waals surface area (Å²) in [7, 11) is 1.49. The van der Waals surface area contributed by atoms with Crippen LogP contribution in [-0.2, 0) is 11.2 Å². The quantitative estimate of drug-likeness (QED) is 0.576. The number of hydrogen-bond donors (Lipinski definition) is 2. The van der Waals surface area contributed by atoms with Gasteiger partial charge in [-0.2, -0.15) is 0 Å². The van der Waals surface area contributed by atoms with E-state index in [4.69, 9.17) is 16.3 Å². The molecule has 0 saturated heterocycles. The van der Waals surface area contributed by atoms with E-state index in [2.05, 4.69) is 10.3 Å². The molecule has 0 bridgehead atoms. The predicted molar refractivity (Wildman–Crippen MR) is 114 cm³/mol. The van der Waals surface area contributed by atoms with Crippen molar-refractivity contribution in [2.45, 2.75) is 25.7 Å². The van der Waals surface area contributed by atoms with Crippen molar-refractivity contribution in [3.63, 3.8) is 0 Å². The van der Waals surface area contributed by atoms with Crippen LogP contribution in [0.4, 0.5) is 0 Å². The van der Waals surface area contributed by atoms with Gasteiger partial charge in [-0.1, -0.05) is 17.7 Å². The number of phenolic OH excluding ortho intramolecular Hbond substituents is 1. The first-order valence-electron chi connectivity index (χ1n) is 9.76. The third kappa shape index (κ3) is 4.39. The van der Waals surface area contributed by atoms with Gasteiger partial charge in [-0.25, -0.2) is 0 Å². The van der Waals surface area contributed by atoms with Gasteiger partial charge in [0.05, 0.1) is 11.1 Å². The van der Waals surface area contributed by atoms with Crippen LogP contribution in [0, 0.1) is 5.92 Å². The second kappa shape index (κ2) is 8.32. The molecule has 0 aliphatic heterocycles. The SMILES string of the molecule is CNC(=O)c1cc2c(Oc3ccc(CC(=O)CC4CC4)c(Cl)c3)ccnc2cc1O. The van der Waals surface area contributed by atoms with Crippen molar-refractivity contribution < 1.29 is 19.4 Å². The van der Waals surface area contributed by atoms with E-state index < -0.39 is 5.91 Å². The molecule has 1 aromatic heterocycles. The number of phenols is 1. The number of nitrogens with one attached hydrogen (secondary N) is 1. The highest BCUT2D eigenvalue weighted by molar-refractivity contribution is 6.31. The van der Waals surface area contributed by atoms with E-state index in [1.807, 2.05) is 0 Å². The number of benzene rings is 2. The molecule has 3 aromatic rings. The Morgan fingerprint density at radius 3 is 2.73 bits per heavy atom. The minimum Gasteiger partial charge on any atom is -0.507 e. The van der Waals surface area contributed by atoms with Crippen LogP contribution in [0.2, 0.25) is 5.02 Å². The van der Waals surface area contributed by atoms with Crippen LogP contribution < -0.4 is 10.1 Å². The Bertz CT molecular complexity index is 1140. The van der Waals surface area contributed by atoms with Crippen molar-refractivity contribution in [3.8, 4) is 17.2 Å². The summed E-state index contributed by atoms with van der Waals surface area (Å²) >= 11 is 6.39. The number of Topliss-reactive ketones (excluding diaryl/α,β-unsaturated/α-hetero) is 1. The molecule has 0 unspecified atom stereocenters. The molecule has 1 aliphatic carbocycles. The van der Waals surface area contributed by atoms with E-state index in [0.717, 1.165) is 18.4 Å². The van der Waals surface area contributed by atoms with Crippen LogP contribution >= 0.6 is 11.6 Å². The van der Waals surface area contributed by atoms with E-state index in [9.17, 15) is 14.7 Å². The van der Waals surface area contributed by atoms with Crippen molar-refractivity contribution in [1.82, 2.24) is 10.3 Å². The van der Waals surface area contributed by atoms with E-state index in [1.165, 1.54) is 13.1 Å². The number of ketones is 1. The normalized spacial score (nSPS) is 13.3. The Hall–Kier alpha value is -3.12. The molecule has 6 nitrogen and oxygen atoms in total. The minimum absolute atomic E-state index is 0.130. The zero-order valence-electron chi connectivity index (χ0n) is 16.4. The maximum absolute atomic E-state index is 12.1. The van der Waals surface area contributed by atoms with Gasteiger partial charge in [-0.3, -0.25) is 14.6 Å². The fourth-order valence-electron chi connectivity index (χ4n) is 3.35. The topological polar surface area (TPSA) is 88.5 Å². The maximum Gasteiger partial charge on any atom is 0.254 e. The van der Waals surface area contributed by atoms with Crippen molar-refractivity contribution >= 4 is 34.2 Å². The molecule has 2 aromatic carbocycles. The number of pyridine rings is 1. The lowest BCUT2D eigenvalue weighted by atomic mass is 10.0. The standard InChI is InChI=1S/C23H21ClN2O4/c1-25-23(29)18-11-17-20(12-21(18)28)26-7-6-22(17)30-16-5-4-14(19(24)10-16)9-15(27)8-13-2-3-13/h4-7,10-13,28H,2-3,8-9H2,1H3,(H,25,29). The van der Waals surface area contributed by atoms with Crippen LogP contribution in [0.1, 0.15) is 35.2 Å². The first-order valence-corrected chi connectivity index (χ1v) is 10.1. The van der Waals surface area contributed by atoms with E-state index >= 15 is 0 Å². The second-order valence-corrected chi connectivity index (χ2v) is 7.90. The number of fused-ring (bicyclic) bond motifs is 1. The predicted octanol–water partition coefficient (Wildman–Crippen LogP) is 4.66. The van der Waals surface area contributed by atoms with Gasteiger partial charge in [0.15, 0.2) is 0 Å². The molecule has 30 heavy (non-hydrogen) atoms. The van der Waals surface area contributed by atoms with Crippen molar-refractivity contribution in [1.29, 1.82) is 0 Å². The van der Waals surface area contributed by atoms with Crippen LogP contribution in [0.15, 0.2) is 42.6 Å². The largest absolute Gasteiger partial charge is 0.507 e. The smallest absolute Gasteiger partial charge is 0.254 e. The maximum atomic E-state index is 12.1. The van der Waals surface area contributed by atoms with Gasteiger partial charge in [-0.15, -0.1) is 0 Å². The molecule has 154 valence electrons. The van der Waals surface area contributed by atoms with Gasteiger partial charge in [0, 0.05) is 42.6 Å². The van der Waals surface area contributed by atoms with Crippen molar-refractivity contribution in [3.05, 3.63) is 58.7 Å². The summed E-state index contributed by atoms with van der Waals surface area (Å²) in [6.45, 7) is 0. The Morgan fingerprint density at radius 2 is 2.03 bits per heavy atom. The molecule has 1 amide bonds. The highest BCUT2D eigenvalue weighted by Gasteiger charge is 2.24. The number of carbonyl (C=O) groups is 2. The van der Waals surface area contributed by atoms with E-state index in [1.54, 1.807) is 36.5 Å². The first kappa shape index (κ1) is 20.2. The number of halogens is 1. The molecule has 1 heterocycles. The molecule has 0 atom stereocenters. The molecule has 1 aliphatic rings. The summed E-state index contributed by atoms with van der Waals surface area (Å²) in [4.78, 5) is 28.4. The Kier molecular flexibility index (Phi) is 5.59. The Balaban J connectivity index is 1.59. The van der Waals surface area contributed by atoms with Gasteiger partial charge >= 0.3 is 0 Å². The minimum atomic E-state index is -0.410. The number of carbonyl (C=O) groups excluding carboxylic acids is 2. The third-order valence-electron chi connectivity index (χ3n) is 5.14. The van der Waals surface area contributed by atoms with Crippen molar-refractivity contribution in [2.75, 3.05) is 7.05 Å². The van der Waals surface area contributed by atoms with Gasteiger partial charge < -0.3 is 15.2 Å². The lowest BCUT2D eigenvalue weighted by molar-refractivity contribution is -0.118. The highest BCUT2D eigenvalue weighted by Crippen LogP contribution is 2.35. The number of aromatic nitrogens is 1.